The van der Waals surface area contributed by atoms with Crippen LogP contribution in [0.25, 0.3) is 0 Å². The first kappa shape index (κ1) is 20.2. The van der Waals surface area contributed by atoms with Gasteiger partial charge < -0.3 is 9.80 Å². The molecule has 5 heteroatoms. The van der Waals surface area contributed by atoms with Crippen LogP contribution in [0.3, 0.4) is 0 Å². The Bertz CT molecular complexity index is 1080. The minimum Gasteiger partial charge on any atom is -0.309 e. The molecule has 152 valence electrons. The van der Waals surface area contributed by atoms with Crippen LogP contribution in [-0.4, -0.2) is 17.9 Å². The quantitative estimate of drug-likeness (QED) is 0.533. The molecule has 4 rings (SSSR count). The zero-order valence-corrected chi connectivity index (χ0v) is 17.7. The molecule has 3 aromatic rings. The van der Waals surface area contributed by atoms with E-state index < -0.39 is 0 Å². The summed E-state index contributed by atoms with van der Waals surface area (Å²) in [6.45, 7) is 3.60. The first-order chi connectivity index (χ1) is 14.5. The summed E-state index contributed by atoms with van der Waals surface area (Å²) in [6, 6.07) is 24.2. The molecule has 1 aliphatic heterocycles. The molecule has 0 fully saturated rings. The Morgan fingerprint density at radius 2 is 1.67 bits per heavy atom. The van der Waals surface area contributed by atoms with Crippen molar-refractivity contribution in [3.05, 3.63) is 95.0 Å². The second kappa shape index (κ2) is 8.33. The minimum absolute atomic E-state index is 0.00269. The van der Waals surface area contributed by atoms with E-state index in [0.717, 1.165) is 16.9 Å². The summed E-state index contributed by atoms with van der Waals surface area (Å²) in [6.07, 6.45) is 0.627. The van der Waals surface area contributed by atoms with Crippen molar-refractivity contribution < 1.29 is 9.59 Å². The van der Waals surface area contributed by atoms with Gasteiger partial charge in [-0.2, -0.15) is 0 Å². The van der Waals surface area contributed by atoms with Crippen molar-refractivity contribution in [2.45, 2.75) is 32.4 Å². The number of hydrogen-bond acceptors (Lipinski definition) is 2. The van der Waals surface area contributed by atoms with E-state index in [1.807, 2.05) is 89.5 Å². The Kier molecular flexibility index (Phi) is 5.60. The second-order valence-electron chi connectivity index (χ2n) is 7.57. The average molecular weight is 419 g/mol. The van der Waals surface area contributed by atoms with Gasteiger partial charge in [-0.3, -0.25) is 9.59 Å². The van der Waals surface area contributed by atoms with Gasteiger partial charge in [-0.15, -0.1) is 0 Å². The Balaban J connectivity index is 1.88. The predicted octanol–water partition coefficient (Wildman–Crippen LogP) is 5.87. The molecule has 0 bridgehead atoms. The van der Waals surface area contributed by atoms with Gasteiger partial charge in [0.05, 0.1) is 6.04 Å². The van der Waals surface area contributed by atoms with Gasteiger partial charge in [0.2, 0.25) is 5.91 Å². The highest BCUT2D eigenvalue weighted by molar-refractivity contribution is 6.31. The van der Waals surface area contributed by atoms with E-state index in [1.54, 1.807) is 13.0 Å². The summed E-state index contributed by atoms with van der Waals surface area (Å²) in [4.78, 5) is 29.7. The zero-order valence-electron chi connectivity index (χ0n) is 17.0. The van der Waals surface area contributed by atoms with Crippen molar-refractivity contribution >= 4 is 34.8 Å². The van der Waals surface area contributed by atoms with Crippen molar-refractivity contribution in [1.29, 1.82) is 0 Å². The SMILES string of the molecule is CC(=O)N1c2ccccc2C(N(C(=O)c2ccccc2)c2cccc(Cl)c2)CC1C. The van der Waals surface area contributed by atoms with E-state index in [1.165, 1.54) is 0 Å². The number of rotatable bonds is 3. The van der Waals surface area contributed by atoms with Crippen molar-refractivity contribution in [1.82, 2.24) is 0 Å². The monoisotopic (exact) mass is 418 g/mol. The largest absolute Gasteiger partial charge is 0.309 e. The number of para-hydroxylation sites is 1. The maximum absolute atomic E-state index is 13.7. The Hall–Kier alpha value is -3.11. The molecule has 1 heterocycles. The Morgan fingerprint density at radius 1 is 0.967 bits per heavy atom. The lowest BCUT2D eigenvalue weighted by atomic mass is 9.89. The van der Waals surface area contributed by atoms with Crippen LogP contribution in [-0.2, 0) is 4.79 Å². The van der Waals surface area contributed by atoms with Crippen LogP contribution in [0.5, 0.6) is 0 Å². The third kappa shape index (κ3) is 3.71. The van der Waals surface area contributed by atoms with Crippen LogP contribution in [0.1, 0.15) is 42.2 Å². The fourth-order valence-electron chi connectivity index (χ4n) is 4.29. The number of amides is 2. The lowest BCUT2D eigenvalue weighted by Gasteiger charge is -2.43. The lowest BCUT2D eigenvalue weighted by Crippen LogP contribution is -2.47. The van der Waals surface area contributed by atoms with Crippen molar-refractivity contribution in [2.24, 2.45) is 0 Å². The average Bonchev–Trinajstić information content (AvgIpc) is 2.74. The second-order valence-corrected chi connectivity index (χ2v) is 8.01. The molecule has 0 saturated carbocycles. The molecular weight excluding hydrogens is 396 g/mol. The molecule has 2 amide bonds. The van der Waals surface area contributed by atoms with E-state index in [0.29, 0.717) is 17.0 Å². The number of nitrogens with zero attached hydrogens (tertiary/aromatic N) is 2. The van der Waals surface area contributed by atoms with Crippen LogP contribution < -0.4 is 9.80 Å². The molecule has 2 unspecified atom stereocenters. The molecule has 0 radical (unpaired) electrons. The number of benzene rings is 3. The highest BCUT2D eigenvalue weighted by Gasteiger charge is 2.37. The summed E-state index contributed by atoms with van der Waals surface area (Å²) in [7, 11) is 0. The standard InChI is InChI=1S/C25H23ClN2O2/c1-17-15-24(22-13-6-7-14-23(22)27(17)18(2)29)28(21-12-8-11-20(26)16-21)25(30)19-9-4-3-5-10-19/h3-14,16-17,24H,15H2,1-2H3. The first-order valence-electron chi connectivity index (χ1n) is 10.00. The zero-order chi connectivity index (χ0) is 21.3. The molecule has 30 heavy (non-hydrogen) atoms. The van der Waals surface area contributed by atoms with Gasteiger partial charge in [0.15, 0.2) is 0 Å². The fraction of sp³-hybridized carbons (Fsp3) is 0.200. The van der Waals surface area contributed by atoms with Crippen LogP contribution in [0.4, 0.5) is 11.4 Å². The van der Waals surface area contributed by atoms with Gasteiger partial charge in [-0.05, 0) is 55.3 Å². The summed E-state index contributed by atoms with van der Waals surface area (Å²) in [5.74, 6) is -0.0989. The topological polar surface area (TPSA) is 40.6 Å². The van der Waals surface area contributed by atoms with Gasteiger partial charge >= 0.3 is 0 Å². The van der Waals surface area contributed by atoms with Gasteiger partial charge in [0, 0.05) is 34.9 Å². The number of carbonyl (C=O) groups is 2. The summed E-state index contributed by atoms with van der Waals surface area (Å²) >= 11 is 6.28. The molecule has 0 saturated heterocycles. The van der Waals surface area contributed by atoms with Crippen LogP contribution in [0, 0.1) is 0 Å². The molecule has 1 aliphatic rings. The van der Waals surface area contributed by atoms with Crippen LogP contribution in [0.15, 0.2) is 78.9 Å². The molecule has 4 nitrogen and oxygen atoms in total. The lowest BCUT2D eigenvalue weighted by molar-refractivity contribution is -0.117. The molecule has 0 spiro atoms. The third-order valence-electron chi connectivity index (χ3n) is 5.54. The molecule has 0 N–H and O–H groups in total. The maximum Gasteiger partial charge on any atom is 0.258 e. The van der Waals surface area contributed by atoms with E-state index in [4.69, 9.17) is 11.6 Å². The fourth-order valence-corrected chi connectivity index (χ4v) is 4.48. The van der Waals surface area contributed by atoms with E-state index in [9.17, 15) is 9.59 Å². The van der Waals surface area contributed by atoms with Crippen molar-refractivity contribution in [3.63, 3.8) is 0 Å². The summed E-state index contributed by atoms with van der Waals surface area (Å²) in [5.41, 5.74) is 3.15. The summed E-state index contributed by atoms with van der Waals surface area (Å²) < 4.78 is 0. The van der Waals surface area contributed by atoms with Gasteiger partial charge in [0.25, 0.3) is 5.91 Å². The van der Waals surface area contributed by atoms with E-state index in [-0.39, 0.29) is 23.9 Å². The molecule has 3 aromatic carbocycles. The van der Waals surface area contributed by atoms with Gasteiger partial charge in [0.1, 0.15) is 0 Å². The number of fused-ring (bicyclic) bond motifs is 1. The van der Waals surface area contributed by atoms with Gasteiger partial charge in [-0.25, -0.2) is 0 Å². The molecule has 0 aromatic heterocycles. The predicted molar refractivity (Wildman–Crippen MR) is 121 cm³/mol. The van der Waals surface area contributed by atoms with E-state index in [2.05, 4.69) is 0 Å². The van der Waals surface area contributed by atoms with Crippen molar-refractivity contribution in [2.75, 3.05) is 9.80 Å². The van der Waals surface area contributed by atoms with Crippen molar-refractivity contribution in [3.8, 4) is 0 Å². The number of anilines is 2. The number of halogens is 1. The smallest absolute Gasteiger partial charge is 0.258 e. The Morgan fingerprint density at radius 3 is 2.37 bits per heavy atom. The molecule has 2 atom stereocenters. The molecule has 0 aliphatic carbocycles. The third-order valence-corrected chi connectivity index (χ3v) is 5.77. The van der Waals surface area contributed by atoms with E-state index >= 15 is 0 Å². The van der Waals surface area contributed by atoms with Crippen LogP contribution in [0.2, 0.25) is 5.02 Å². The summed E-state index contributed by atoms with van der Waals surface area (Å²) in [5, 5.41) is 0.570. The first-order valence-corrected chi connectivity index (χ1v) is 10.4. The highest BCUT2D eigenvalue weighted by Crippen LogP contribution is 2.43. The number of carbonyl (C=O) groups excluding carboxylic acids is 2. The van der Waals surface area contributed by atoms with Crippen LogP contribution >= 0.6 is 11.6 Å². The normalized spacial score (nSPS) is 17.9. The minimum atomic E-state index is -0.224. The highest BCUT2D eigenvalue weighted by atomic mass is 35.5. The maximum atomic E-state index is 13.7. The Labute approximate surface area is 181 Å². The molecular formula is C25H23ClN2O2. The van der Waals surface area contributed by atoms with Gasteiger partial charge in [-0.1, -0.05) is 54.1 Å². The number of hydrogen-bond donors (Lipinski definition) is 0.